The number of nitrogens with zero attached hydrogens (tertiary/aromatic N) is 3. The Balaban J connectivity index is 1.32. The van der Waals surface area contributed by atoms with E-state index in [4.69, 9.17) is 9.47 Å². The van der Waals surface area contributed by atoms with Gasteiger partial charge < -0.3 is 24.8 Å². The minimum atomic E-state index is -3.97. The molecule has 15 nitrogen and oxygen atoms in total. The third-order valence-electron chi connectivity index (χ3n) is 10.6. The molecule has 16 heteroatoms. The standard InChI is InChI=1S/C42H47N5O10S/c1-6-28-24-42(28,39(51)45-58(54,55)32-16-17-32)44-36(49)35-23-31(57-37-33-18-15-30(56-5)22-27(33)20-21-43-37)25-46(35)38(50)34(47(40(52)53)41(2,3)4)19-14-29(48)13-12-26-10-8-7-9-11-26/h6-11,15,18,20-22,28,31-32,34-35H,1,14,16-17,19,23-25H2,2-5H3,(H,44,49)(H,45,51)(H,52,53)/t28-,31-,34+,35+,42-/m1/s1. The number of likely N-dealkylation sites (tertiary alicyclic amines) is 1. The van der Waals surface area contributed by atoms with Crippen molar-refractivity contribution in [2.45, 2.75) is 93.8 Å². The van der Waals surface area contributed by atoms with Crippen LogP contribution in [0.15, 0.2) is 73.4 Å². The summed E-state index contributed by atoms with van der Waals surface area (Å²) in [6.07, 6.45) is 1.02. The number of ketones is 1. The van der Waals surface area contributed by atoms with E-state index in [2.05, 4.69) is 33.4 Å². The van der Waals surface area contributed by atoms with E-state index >= 15 is 0 Å². The van der Waals surface area contributed by atoms with Gasteiger partial charge >= 0.3 is 6.09 Å². The second kappa shape index (κ2) is 16.5. The molecule has 3 N–H and O–H groups in total. The topological polar surface area (TPSA) is 202 Å². The molecule has 2 aliphatic carbocycles. The lowest BCUT2D eigenvalue weighted by molar-refractivity contribution is -0.144. The predicted molar refractivity (Wildman–Crippen MR) is 213 cm³/mol. The van der Waals surface area contributed by atoms with Crippen LogP contribution in [0.4, 0.5) is 4.79 Å². The van der Waals surface area contributed by atoms with Crippen molar-refractivity contribution in [2.24, 2.45) is 5.92 Å². The summed E-state index contributed by atoms with van der Waals surface area (Å²) in [7, 11) is -2.42. The molecule has 4 amide bonds. The summed E-state index contributed by atoms with van der Waals surface area (Å²) in [5.41, 5.74) is -2.17. The van der Waals surface area contributed by atoms with E-state index in [0.29, 0.717) is 29.5 Å². The zero-order valence-corrected chi connectivity index (χ0v) is 33.6. The van der Waals surface area contributed by atoms with Gasteiger partial charge in [0.25, 0.3) is 5.91 Å². The van der Waals surface area contributed by atoms with Gasteiger partial charge in [-0.25, -0.2) is 18.2 Å². The van der Waals surface area contributed by atoms with Crippen molar-refractivity contribution in [2.75, 3.05) is 13.7 Å². The summed E-state index contributed by atoms with van der Waals surface area (Å²) in [5, 5.41) is 13.9. The van der Waals surface area contributed by atoms with Crippen molar-refractivity contribution in [1.29, 1.82) is 0 Å². The number of amides is 4. The van der Waals surface area contributed by atoms with Crippen molar-refractivity contribution in [3.8, 4) is 23.5 Å². The summed E-state index contributed by atoms with van der Waals surface area (Å²) in [5.74, 6) is 2.61. The van der Waals surface area contributed by atoms with Gasteiger partial charge in [0.15, 0.2) is 0 Å². The minimum absolute atomic E-state index is 0.0732. The summed E-state index contributed by atoms with van der Waals surface area (Å²) >= 11 is 0. The largest absolute Gasteiger partial charge is 0.497 e. The lowest BCUT2D eigenvalue weighted by atomic mass is 9.98. The highest BCUT2D eigenvalue weighted by Gasteiger charge is 2.62. The molecule has 58 heavy (non-hydrogen) atoms. The maximum absolute atomic E-state index is 14.9. The Labute approximate surface area is 337 Å². The van der Waals surface area contributed by atoms with Crippen LogP contribution in [0, 0.1) is 17.8 Å². The molecule has 0 bridgehead atoms. The highest BCUT2D eigenvalue weighted by molar-refractivity contribution is 7.91. The van der Waals surface area contributed by atoms with E-state index in [1.807, 2.05) is 6.07 Å². The van der Waals surface area contributed by atoms with Crippen LogP contribution in [-0.2, 0) is 29.2 Å². The van der Waals surface area contributed by atoms with Crippen LogP contribution < -0.4 is 19.5 Å². The number of aromatic nitrogens is 1. The number of carboxylic acid groups (broad SMARTS) is 1. The lowest BCUT2D eigenvalue weighted by Crippen LogP contribution is -2.61. The molecule has 306 valence electrons. The van der Waals surface area contributed by atoms with E-state index < -0.39 is 80.1 Å². The van der Waals surface area contributed by atoms with Crippen molar-refractivity contribution >= 4 is 50.4 Å². The van der Waals surface area contributed by atoms with E-state index in [0.717, 1.165) is 10.3 Å². The average Bonchev–Trinajstić information content (AvgIpc) is 4.11. The molecule has 3 fully saturated rings. The monoisotopic (exact) mass is 813 g/mol. The van der Waals surface area contributed by atoms with Gasteiger partial charge in [-0.3, -0.25) is 28.8 Å². The number of nitrogens with one attached hydrogen (secondary N) is 2. The maximum atomic E-state index is 14.9. The number of hydrogen-bond acceptors (Lipinski definition) is 10. The number of methoxy groups -OCH3 is 1. The average molecular weight is 814 g/mol. The number of carbonyl (C=O) groups excluding carboxylic acids is 4. The molecule has 5 atom stereocenters. The van der Waals surface area contributed by atoms with Crippen LogP contribution in [0.3, 0.4) is 0 Å². The van der Waals surface area contributed by atoms with Gasteiger partial charge in [-0.05, 0) is 94.2 Å². The molecule has 3 aliphatic rings. The molecule has 0 unspecified atom stereocenters. The second-order valence-corrected chi connectivity index (χ2v) is 17.7. The highest BCUT2D eigenvalue weighted by Crippen LogP contribution is 2.45. The van der Waals surface area contributed by atoms with Crippen LogP contribution in [0.2, 0.25) is 0 Å². The van der Waals surface area contributed by atoms with E-state index in [9.17, 15) is 37.5 Å². The first-order valence-corrected chi connectivity index (χ1v) is 20.5. The number of carbonyl (C=O) groups is 5. The van der Waals surface area contributed by atoms with E-state index in [1.54, 1.807) is 82.6 Å². The van der Waals surface area contributed by atoms with Crippen LogP contribution in [0.5, 0.6) is 11.6 Å². The molecule has 6 rings (SSSR count). The minimum Gasteiger partial charge on any atom is -0.497 e. The number of hydrogen-bond donors (Lipinski definition) is 3. The molecule has 1 aromatic heterocycles. The fourth-order valence-electron chi connectivity index (χ4n) is 7.34. The highest BCUT2D eigenvalue weighted by atomic mass is 32.2. The van der Waals surface area contributed by atoms with Gasteiger partial charge in [-0.15, -0.1) is 6.58 Å². The van der Waals surface area contributed by atoms with Gasteiger partial charge in [0.1, 0.15) is 29.5 Å². The Kier molecular flexibility index (Phi) is 11.9. The number of Topliss-reactive ketones (excluding diaryl/α,β-unsaturated/α-hetero) is 1. The zero-order chi connectivity index (χ0) is 42.0. The molecule has 0 spiro atoms. The normalized spacial score (nSPS) is 21.8. The Morgan fingerprint density at radius 3 is 2.47 bits per heavy atom. The molecule has 1 saturated heterocycles. The van der Waals surface area contributed by atoms with E-state index in [1.165, 1.54) is 11.0 Å². The number of fused-ring (bicyclic) bond motifs is 1. The Morgan fingerprint density at radius 2 is 1.84 bits per heavy atom. The second-order valence-electron chi connectivity index (χ2n) is 15.8. The van der Waals surface area contributed by atoms with Gasteiger partial charge in [0.05, 0.1) is 18.9 Å². The molecule has 3 aromatic rings. The molecule has 2 aromatic carbocycles. The third kappa shape index (κ3) is 9.10. The molecule has 2 heterocycles. The van der Waals surface area contributed by atoms with Gasteiger partial charge in [-0.1, -0.05) is 30.2 Å². The Bertz CT molecular complexity index is 2300. The van der Waals surface area contributed by atoms with Crippen molar-refractivity contribution in [3.05, 3.63) is 79.0 Å². The van der Waals surface area contributed by atoms with Crippen LogP contribution in [0.25, 0.3) is 10.8 Å². The van der Waals surface area contributed by atoms with Crippen LogP contribution in [-0.4, -0.2) is 106 Å². The number of sulfonamides is 1. The molecular weight excluding hydrogens is 767 g/mol. The van der Waals surface area contributed by atoms with Crippen molar-refractivity contribution in [1.82, 2.24) is 24.8 Å². The van der Waals surface area contributed by atoms with Crippen LogP contribution in [0.1, 0.15) is 64.9 Å². The van der Waals surface area contributed by atoms with Crippen molar-refractivity contribution < 1.29 is 47.0 Å². The number of ether oxygens (including phenoxy) is 2. The van der Waals surface area contributed by atoms with Crippen LogP contribution >= 0.6 is 0 Å². The predicted octanol–water partition coefficient (Wildman–Crippen LogP) is 3.81. The van der Waals surface area contributed by atoms with Gasteiger partial charge in [0, 0.05) is 41.4 Å². The lowest BCUT2D eigenvalue weighted by Gasteiger charge is -2.41. The van der Waals surface area contributed by atoms with Gasteiger partial charge in [0.2, 0.25) is 33.5 Å². The fraction of sp³-hybridized carbons (Fsp3) is 0.429. The summed E-state index contributed by atoms with van der Waals surface area (Å²) in [6.45, 7) is 8.40. The number of rotatable bonds is 14. The summed E-state index contributed by atoms with van der Waals surface area (Å²) in [4.78, 5) is 75.4. The number of pyridine rings is 1. The first-order valence-electron chi connectivity index (χ1n) is 19.0. The molecule has 2 saturated carbocycles. The molecular formula is C42H47N5O10S. The third-order valence-corrected chi connectivity index (χ3v) is 12.4. The van der Waals surface area contributed by atoms with E-state index in [-0.39, 0.29) is 38.1 Å². The Hall–Kier alpha value is -5.95. The summed E-state index contributed by atoms with van der Waals surface area (Å²) < 4.78 is 39.4. The fourth-order valence-corrected chi connectivity index (χ4v) is 8.70. The molecule has 0 radical (unpaired) electrons. The summed E-state index contributed by atoms with van der Waals surface area (Å²) in [6, 6.07) is 13.1. The smallest absolute Gasteiger partial charge is 0.408 e. The maximum Gasteiger partial charge on any atom is 0.408 e. The van der Waals surface area contributed by atoms with Gasteiger partial charge in [-0.2, -0.15) is 0 Å². The quantitative estimate of drug-likeness (QED) is 0.158. The molecule has 1 aliphatic heterocycles. The number of benzene rings is 2. The first kappa shape index (κ1) is 41.7. The SMILES string of the molecule is C=C[C@@H]1C[C@]1(NC(=O)[C@@H]1C[C@@H](Oc2nccc3cc(OC)ccc23)CN1C(=O)[C@H](CCC(=O)C#Cc1ccccc1)N(C(=O)O)C(C)(C)C)C(=O)NS(=O)(=O)C1CC1. The zero-order valence-electron chi connectivity index (χ0n) is 32.8. The Morgan fingerprint density at radius 1 is 1.12 bits per heavy atom. The first-order chi connectivity index (χ1) is 27.5. The van der Waals surface area contributed by atoms with Crippen molar-refractivity contribution in [3.63, 3.8) is 0 Å².